The molecule has 0 aliphatic rings. The summed E-state index contributed by atoms with van der Waals surface area (Å²) in [5.41, 5.74) is -0.570. The van der Waals surface area contributed by atoms with E-state index in [9.17, 15) is 9.90 Å². The van der Waals surface area contributed by atoms with Gasteiger partial charge < -0.3 is 14.6 Å². The second-order valence-electron chi connectivity index (χ2n) is 4.97. The van der Waals surface area contributed by atoms with Crippen molar-refractivity contribution in [2.45, 2.75) is 39.2 Å². The first-order chi connectivity index (χ1) is 9.47. The van der Waals surface area contributed by atoms with Gasteiger partial charge in [0, 0.05) is 0 Å². The molecule has 0 aliphatic heterocycles. The minimum Gasteiger partial charge on any atom is -0.497 e. The molecule has 0 saturated carbocycles. The standard InChI is InChI=1S/C16H24O4/c1-5-7-14(15(17)20-6-2)16(3,18)12-8-10-13(19-4)11-9-12/h8-11,14,18H,5-7H2,1-4H3. The maximum atomic E-state index is 12.1. The molecule has 2 atom stereocenters. The van der Waals surface area contributed by atoms with Crippen molar-refractivity contribution in [2.24, 2.45) is 5.92 Å². The summed E-state index contributed by atoms with van der Waals surface area (Å²) in [7, 11) is 1.59. The van der Waals surface area contributed by atoms with Crippen molar-refractivity contribution in [3.8, 4) is 5.75 Å². The van der Waals surface area contributed by atoms with E-state index in [1.54, 1.807) is 45.2 Å². The fourth-order valence-corrected chi connectivity index (χ4v) is 2.29. The minimum absolute atomic E-state index is 0.317. The molecular formula is C16H24O4. The van der Waals surface area contributed by atoms with Crippen molar-refractivity contribution in [2.75, 3.05) is 13.7 Å². The Bertz CT molecular complexity index is 423. The van der Waals surface area contributed by atoms with Crippen molar-refractivity contribution in [3.63, 3.8) is 0 Å². The molecule has 0 saturated heterocycles. The molecule has 1 aromatic rings. The maximum absolute atomic E-state index is 12.1. The zero-order valence-electron chi connectivity index (χ0n) is 12.7. The first kappa shape index (κ1) is 16.5. The molecule has 1 rings (SSSR count). The molecule has 112 valence electrons. The van der Waals surface area contributed by atoms with E-state index in [-0.39, 0.29) is 5.97 Å². The quantitative estimate of drug-likeness (QED) is 0.780. The van der Waals surface area contributed by atoms with Crippen LogP contribution >= 0.6 is 0 Å². The summed E-state index contributed by atoms with van der Waals surface area (Å²) >= 11 is 0. The van der Waals surface area contributed by atoms with Crippen LogP contribution in [0.15, 0.2) is 24.3 Å². The predicted octanol–water partition coefficient (Wildman–Crippen LogP) is 2.88. The van der Waals surface area contributed by atoms with Crippen LogP contribution in [0, 0.1) is 5.92 Å². The summed E-state index contributed by atoms with van der Waals surface area (Å²) < 4.78 is 10.2. The predicted molar refractivity (Wildman–Crippen MR) is 77.6 cm³/mol. The van der Waals surface area contributed by atoms with Gasteiger partial charge in [-0.3, -0.25) is 4.79 Å². The van der Waals surface area contributed by atoms with Crippen molar-refractivity contribution in [1.82, 2.24) is 0 Å². The van der Waals surface area contributed by atoms with Gasteiger partial charge in [0.25, 0.3) is 0 Å². The largest absolute Gasteiger partial charge is 0.497 e. The SMILES string of the molecule is CCCC(C(=O)OCC)C(C)(O)c1ccc(OC)cc1. The number of carbonyl (C=O) groups excluding carboxylic acids is 1. The van der Waals surface area contributed by atoms with Crippen LogP contribution in [0.25, 0.3) is 0 Å². The van der Waals surface area contributed by atoms with Gasteiger partial charge in [-0.2, -0.15) is 0 Å². The van der Waals surface area contributed by atoms with Crippen LogP contribution in [-0.4, -0.2) is 24.8 Å². The van der Waals surface area contributed by atoms with Crippen molar-refractivity contribution < 1.29 is 19.4 Å². The van der Waals surface area contributed by atoms with E-state index < -0.39 is 11.5 Å². The summed E-state index contributed by atoms with van der Waals surface area (Å²) in [4.78, 5) is 12.1. The average molecular weight is 280 g/mol. The van der Waals surface area contributed by atoms with Crippen molar-refractivity contribution >= 4 is 5.97 Å². The summed E-state index contributed by atoms with van der Waals surface area (Å²) in [5.74, 6) is -0.205. The molecule has 2 unspecified atom stereocenters. The third kappa shape index (κ3) is 3.73. The van der Waals surface area contributed by atoms with Crippen LogP contribution in [0.3, 0.4) is 0 Å². The molecule has 0 spiro atoms. The Morgan fingerprint density at radius 2 is 1.90 bits per heavy atom. The highest BCUT2D eigenvalue weighted by Gasteiger charge is 2.39. The molecular weight excluding hydrogens is 256 g/mol. The molecule has 0 heterocycles. The smallest absolute Gasteiger partial charge is 0.312 e. The van der Waals surface area contributed by atoms with Gasteiger partial charge in [0.05, 0.1) is 19.6 Å². The van der Waals surface area contributed by atoms with Crippen LogP contribution in [0.5, 0.6) is 5.75 Å². The lowest BCUT2D eigenvalue weighted by Crippen LogP contribution is -2.38. The number of hydrogen-bond acceptors (Lipinski definition) is 4. The van der Waals surface area contributed by atoms with Gasteiger partial charge in [0.15, 0.2) is 0 Å². The van der Waals surface area contributed by atoms with Gasteiger partial charge in [0.1, 0.15) is 11.4 Å². The zero-order valence-corrected chi connectivity index (χ0v) is 12.7. The summed E-state index contributed by atoms with van der Waals surface area (Å²) in [6, 6.07) is 7.11. The van der Waals surface area contributed by atoms with E-state index in [0.29, 0.717) is 24.3 Å². The topological polar surface area (TPSA) is 55.8 Å². The van der Waals surface area contributed by atoms with Crippen LogP contribution in [-0.2, 0) is 15.1 Å². The van der Waals surface area contributed by atoms with Gasteiger partial charge >= 0.3 is 5.97 Å². The summed E-state index contributed by atoms with van der Waals surface area (Å²) in [5, 5.41) is 10.8. The van der Waals surface area contributed by atoms with Crippen molar-refractivity contribution in [3.05, 3.63) is 29.8 Å². The number of hydrogen-bond donors (Lipinski definition) is 1. The molecule has 0 aromatic heterocycles. The van der Waals surface area contributed by atoms with Crippen LogP contribution in [0.1, 0.15) is 39.2 Å². The molecule has 1 N–H and O–H groups in total. The van der Waals surface area contributed by atoms with Crippen LogP contribution in [0.4, 0.5) is 0 Å². The van der Waals surface area contributed by atoms with Gasteiger partial charge in [0.2, 0.25) is 0 Å². The number of benzene rings is 1. The Kier molecular flexibility index (Phi) is 6.02. The number of carbonyl (C=O) groups is 1. The van der Waals surface area contributed by atoms with E-state index in [1.165, 1.54) is 0 Å². The highest BCUT2D eigenvalue weighted by atomic mass is 16.5. The first-order valence-corrected chi connectivity index (χ1v) is 7.00. The molecule has 4 nitrogen and oxygen atoms in total. The first-order valence-electron chi connectivity index (χ1n) is 7.00. The molecule has 0 aliphatic carbocycles. The van der Waals surface area contributed by atoms with E-state index in [2.05, 4.69) is 0 Å². The number of aliphatic hydroxyl groups is 1. The molecule has 4 heteroatoms. The number of ether oxygens (including phenoxy) is 2. The number of esters is 1. The van der Waals surface area contributed by atoms with E-state index in [0.717, 1.165) is 6.42 Å². The second kappa shape index (κ2) is 7.29. The maximum Gasteiger partial charge on any atom is 0.312 e. The molecule has 0 bridgehead atoms. The Morgan fingerprint density at radius 1 is 1.30 bits per heavy atom. The average Bonchev–Trinajstić information content (AvgIpc) is 2.44. The van der Waals surface area contributed by atoms with E-state index in [1.807, 2.05) is 6.92 Å². The lowest BCUT2D eigenvalue weighted by Gasteiger charge is -2.31. The van der Waals surface area contributed by atoms with Crippen LogP contribution < -0.4 is 4.74 Å². The van der Waals surface area contributed by atoms with Crippen molar-refractivity contribution in [1.29, 1.82) is 0 Å². The lowest BCUT2D eigenvalue weighted by atomic mass is 9.80. The number of methoxy groups -OCH3 is 1. The van der Waals surface area contributed by atoms with Gasteiger partial charge in [-0.15, -0.1) is 0 Å². The number of rotatable bonds is 7. The Balaban J connectivity index is 3.03. The molecule has 20 heavy (non-hydrogen) atoms. The normalized spacial score (nSPS) is 15.2. The van der Waals surface area contributed by atoms with Gasteiger partial charge in [-0.05, 0) is 38.0 Å². The van der Waals surface area contributed by atoms with Crippen LogP contribution in [0.2, 0.25) is 0 Å². The van der Waals surface area contributed by atoms with E-state index in [4.69, 9.17) is 9.47 Å². The molecule has 0 fully saturated rings. The molecule has 0 amide bonds. The fourth-order valence-electron chi connectivity index (χ4n) is 2.29. The highest BCUT2D eigenvalue weighted by molar-refractivity contribution is 5.74. The highest BCUT2D eigenvalue weighted by Crippen LogP contribution is 2.34. The van der Waals surface area contributed by atoms with Gasteiger partial charge in [-0.1, -0.05) is 25.5 Å². The Hall–Kier alpha value is -1.55. The summed E-state index contributed by atoms with van der Waals surface area (Å²) in [6.45, 7) is 5.73. The monoisotopic (exact) mass is 280 g/mol. The molecule has 1 aromatic carbocycles. The third-order valence-corrected chi connectivity index (χ3v) is 3.50. The molecule has 0 radical (unpaired) electrons. The zero-order chi connectivity index (χ0) is 15.2. The van der Waals surface area contributed by atoms with E-state index >= 15 is 0 Å². The second-order valence-corrected chi connectivity index (χ2v) is 4.97. The Labute approximate surface area is 120 Å². The third-order valence-electron chi connectivity index (χ3n) is 3.50. The fraction of sp³-hybridized carbons (Fsp3) is 0.562. The summed E-state index contributed by atoms with van der Waals surface area (Å²) in [6.07, 6.45) is 1.38. The lowest BCUT2D eigenvalue weighted by molar-refractivity contribution is -0.158. The minimum atomic E-state index is -1.26. The van der Waals surface area contributed by atoms with Gasteiger partial charge in [-0.25, -0.2) is 0 Å². The Morgan fingerprint density at radius 3 is 2.35 bits per heavy atom.